The Morgan fingerprint density at radius 3 is 2.60 bits per heavy atom. The van der Waals surface area contributed by atoms with Gasteiger partial charge >= 0.3 is 0 Å². The second-order valence-corrected chi connectivity index (χ2v) is 7.74. The summed E-state index contributed by atoms with van der Waals surface area (Å²) in [7, 11) is 0. The van der Waals surface area contributed by atoms with Crippen LogP contribution in [0.25, 0.3) is 0 Å². The van der Waals surface area contributed by atoms with Gasteiger partial charge in [-0.15, -0.1) is 0 Å². The van der Waals surface area contributed by atoms with Crippen LogP contribution in [0.15, 0.2) is 18.2 Å². The minimum Gasteiger partial charge on any atom is -0.365 e. The third-order valence-corrected chi connectivity index (χ3v) is 5.30. The quantitative estimate of drug-likeness (QED) is 0.800. The van der Waals surface area contributed by atoms with Crippen molar-refractivity contribution < 1.29 is 14.0 Å². The van der Waals surface area contributed by atoms with Gasteiger partial charge in [0.1, 0.15) is 11.6 Å². The summed E-state index contributed by atoms with van der Waals surface area (Å²) in [6.45, 7) is 5.61. The molecule has 0 radical (unpaired) electrons. The van der Waals surface area contributed by atoms with Crippen molar-refractivity contribution in [3.8, 4) is 0 Å². The molecule has 3 rings (SSSR count). The van der Waals surface area contributed by atoms with Gasteiger partial charge in [0, 0.05) is 54.6 Å². The average molecular weight is 367 g/mol. The van der Waals surface area contributed by atoms with Crippen LogP contribution in [0.2, 0.25) is 5.02 Å². The molecule has 4 nitrogen and oxygen atoms in total. The lowest BCUT2D eigenvalue weighted by atomic mass is 9.99. The number of amides is 1. The van der Waals surface area contributed by atoms with Crippen LogP contribution in [0, 0.1) is 17.7 Å². The fourth-order valence-corrected chi connectivity index (χ4v) is 3.74. The molecule has 0 bridgehead atoms. The fourth-order valence-electron chi connectivity index (χ4n) is 3.52. The van der Waals surface area contributed by atoms with Crippen molar-refractivity contribution in [2.24, 2.45) is 11.8 Å². The highest BCUT2D eigenvalue weighted by Crippen LogP contribution is 2.32. The second-order valence-electron chi connectivity index (χ2n) is 7.30. The van der Waals surface area contributed by atoms with Crippen molar-refractivity contribution in [3.05, 3.63) is 29.0 Å². The van der Waals surface area contributed by atoms with E-state index in [1.54, 1.807) is 6.07 Å². The van der Waals surface area contributed by atoms with Gasteiger partial charge in [0.15, 0.2) is 0 Å². The topological polar surface area (TPSA) is 40.6 Å². The molecule has 0 N–H and O–H groups in total. The molecule has 1 amide bonds. The number of ketones is 1. The van der Waals surface area contributed by atoms with E-state index >= 15 is 0 Å². The van der Waals surface area contributed by atoms with Gasteiger partial charge in [-0.3, -0.25) is 9.59 Å². The number of rotatable bonds is 5. The fraction of sp³-hybridized carbons (Fsp3) is 0.579. The lowest BCUT2D eigenvalue weighted by Gasteiger charge is -2.42. The van der Waals surface area contributed by atoms with Gasteiger partial charge < -0.3 is 9.80 Å². The van der Waals surface area contributed by atoms with E-state index in [0.29, 0.717) is 31.1 Å². The van der Waals surface area contributed by atoms with Crippen molar-refractivity contribution >= 4 is 29.0 Å². The summed E-state index contributed by atoms with van der Waals surface area (Å²) < 4.78 is 13.6. The van der Waals surface area contributed by atoms with E-state index < -0.39 is 0 Å². The molecule has 1 aliphatic carbocycles. The van der Waals surface area contributed by atoms with E-state index in [0.717, 1.165) is 18.5 Å². The number of hydrogen-bond donors (Lipinski definition) is 0. The van der Waals surface area contributed by atoms with Crippen LogP contribution >= 0.6 is 11.6 Å². The molecule has 2 aliphatic rings. The first-order valence-corrected chi connectivity index (χ1v) is 9.27. The van der Waals surface area contributed by atoms with Crippen molar-refractivity contribution in [3.63, 3.8) is 0 Å². The van der Waals surface area contributed by atoms with E-state index in [2.05, 4.69) is 4.90 Å². The number of hydrogen-bond acceptors (Lipinski definition) is 3. The van der Waals surface area contributed by atoms with Gasteiger partial charge in [0.05, 0.1) is 0 Å². The largest absolute Gasteiger partial charge is 0.365 e. The van der Waals surface area contributed by atoms with Gasteiger partial charge in [-0.2, -0.15) is 0 Å². The molecule has 2 fully saturated rings. The van der Waals surface area contributed by atoms with Crippen LogP contribution < -0.4 is 4.90 Å². The Balaban J connectivity index is 1.60. The number of Topliss-reactive ketones (excluding diaryl/α,β-unsaturated/α-hetero) is 1. The molecule has 1 heterocycles. The summed E-state index contributed by atoms with van der Waals surface area (Å²) in [5.41, 5.74) is 0.738. The first-order chi connectivity index (χ1) is 11.8. The highest BCUT2D eigenvalue weighted by molar-refractivity contribution is 6.30. The lowest BCUT2D eigenvalue weighted by Crippen LogP contribution is -2.55. The van der Waals surface area contributed by atoms with Gasteiger partial charge in [0.25, 0.3) is 0 Å². The van der Waals surface area contributed by atoms with E-state index in [-0.39, 0.29) is 35.4 Å². The highest BCUT2D eigenvalue weighted by Gasteiger charge is 2.34. The zero-order chi connectivity index (χ0) is 18.1. The lowest BCUT2D eigenvalue weighted by molar-refractivity contribution is -0.138. The third-order valence-electron chi connectivity index (χ3n) is 5.08. The van der Waals surface area contributed by atoms with Gasteiger partial charge in [-0.1, -0.05) is 18.5 Å². The molecule has 1 saturated heterocycles. The predicted octanol–water partition coefficient (Wildman–Crippen LogP) is 3.52. The van der Waals surface area contributed by atoms with Crippen molar-refractivity contribution in [1.82, 2.24) is 4.90 Å². The molecule has 6 heteroatoms. The molecule has 1 saturated carbocycles. The standard InChI is InChI=1S/C19H24ClFN2O2/c1-12(7-18(24)14-3-4-14)19(25)22-5-6-23(13(2)11-22)17-9-15(20)8-16(21)10-17/h8-10,12-14H,3-7,11H2,1-2H3/t12?,13-/m0/s1. The average Bonchev–Trinajstić information content (AvgIpc) is 3.37. The molecule has 0 spiro atoms. The molecule has 136 valence electrons. The second kappa shape index (κ2) is 7.32. The zero-order valence-electron chi connectivity index (χ0n) is 14.7. The molecule has 0 aromatic heterocycles. The summed E-state index contributed by atoms with van der Waals surface area (Å²) >= 11 is 5.95. The SMILES string of the molecule is CC(CC(=O)C1CC1)C(=O)N1CCN(c2cc(F)cc(Cl)c2)[C@@H](C)C1. The van der Waals surface area contributed by atoms with Crippen LogP contribution in [0.3, 0.4) is 0 Å². The summed E-state index contributed by atoms with van der Waals surface area (Å²) in [6.07, 6.45) is 2.30. The zero-order valence-corrected chi connectivity index (χ0v) is 15.4. The molecule has 2 atom stereocenters. The van der Waals surface area contributed by atoms with Crippen LogP contribution in [0.4, 0.5) is 10.1 Å². The molecule has 1 aromatic rings. The predicted molar refractivity (Wildman–Crippen MR) is 96.3 cm³/mol. The van der Waals surface area contributed by atoms with E-state index in [1.807, 2.05) is 18.7 Å². The maximum absolute atomic E-state index is 13.6. The Labute approximate surface area is 152 Å². The number of halogens is 2. The maximum atomic E-state index is 13.6. The first-order valence-electron chi connectivity index (χ1n) is 8.89. The Kier molecular flexibility index (Phi) is 5.32. The van der Waals surface area contributed by atoms with Gasteiger partial charge in [-0.25, -0.2) is 4.39 Å². The Bertz CT molecular complexity index is 657. The van der Waals surface area contributed by atoms with Crippen LogP contribution in [-0.2, 0) is 9.59 Å². The minimum absolute atomic E-state index is 0.0396. The van der Waals surface area contributed by atoms with Gasteiger partial charge in [-0.05, 0) is 38.0 Å². The smallest absolute Gasteiger partial charge is 0.225 e. The normalized spacial score (nSPS) is 22.0. The number of benzene rings is 1. The summed E-state index contributed by atoms with van der Waals surface area (Å²) in [4.78, 5) is 28.5. The first kappa shape index (κ1) is 18.2. The molecule has 1 unspecified atom stereocenters. The number of carbonyl (C=O) groups excluding carboxylic acids is 2. The molecule has 1 aromatic carbocycles. The maximum Gasteiger partial charge on any atom is 0.225 e. The summed E-state index contributed by atoms with van der Waals surface area (Å²) in [5.74, 6) is -0.167. The number of carbonyl (C=O) groups is 2. The Morgan fingerprint density at radius 2 is 2.00 bits per heavy atom. The third kappa shape index (κ3) is 4.32. The Morgan fingerprint density at radius 1 is 1.28 bits per heavy atom. The summed E-state index contributed by atoms with van der Waals surface area (Å²) in [6, 6.07) is 4.56. The summed E-state index contributed by atoms with van der Waals surface area (Å²) in [5, 5.41) is 0.368. The molecule has 1 aliphatic heterocycles. The number of anilines is 1. The highest BCUT2D eigenvalue weighted by atomic mass is 35.5. The number of nitrogens with zero attached hydrogens (tertiary/aromatic N) is 2. The van der Waals surface area contributed by atoms with Crippen LogP contribution in [0.5, 0.6) is 0 Å². The van der Waals surface area contributed by atoms with E-state index in [9.17, 15) is 14.0 Å². The van der Waals surface area contributed by atoms with Crippen LogP contribution in [-0.4, -0.2) is 42.3 Å². The van der Waals surface area contributed by atoms with Crippen molar-refractivity contribution in [1.29, 1.82) is 0 Å². The van der Waals surface area contributed by atoms with Crippen LogP contribution in [0.1, 0.15) is 33.1 Å². The molecular weight excluding hydrogens is 343 g/mol. The molecule has 25 heavy (non-hydrogen) atoms. The van der Waals surface area contributed by atoms with E-state index in [1.165, 1.54) is 12.1 Å². The van der Waals surface area contributed by atoms with Crippen molar-refractivity contribution in [2.45, 2.75) is 39.2 Å². The monoisotopic (exact) mass is 366 g/mol. The Hall–Kier alpha value is -1.62. The van der Waals surface area contributed by atoms with E-state index in [4.69, 9.17) is 11.6 Å². The molecular formula is C19H24ClFN2O2. The van der Waals surface area contributed by atoms with Crippen molar-refractivity contribution in [2.75, 3.05) is 24.5 Å². The minimum atomic E-state index is -0.361. The number of piperazine rings is 1. The van der Waals surface area contributed by atoms with Gasteiger partial charge in [0.2, 0.25) is 5.91 Å².